The van der Waals surface area contributed by atoms with Crippen molar-refractivity contribution in [1.29, 1.82) is 0 Å². The average Bonchev–Trinajstić information content (AvgIpc) is 2.60. The van der Waals surface area contributed by atoms with Crippen molar-refractivity contribution >= 4 is 27.8 Å². The van der Waals surface area contributed by atoms with Crippen LogP contribution in [0.2, 0.25) is 0 Å². The minimum Gasteiger partial charge on any atom is -0.460 e. The number of amides is 1. The van der Waals surface area contributed by atoms with Gasteiger partial charge in [-0.1, -0.05) is 0 Å². The van der Waals surface area contributed by atoms with Crippen molar-refractivity contribution in [1.82, 2.24) is 5.32 Å². The summed E-state index contributed by atoms with van der Waals surface area (Å²) >= 11 is 3.19. The zero-order valence-electron chi connectivity index (χ0n) is 10.7. The normalized spacial score (nSPS) is 12.9. The van der Waals surface area contributed by atoms with Crippen molar-refractivity contribution in [2.75, 3.05) is 0 Å². The fourth-order valence-electron chi connectivity index (χ4n) is 1.22. The Balaban J connectivity index is 2.61. The van der Waals surface area contributed by atoms with E-state index in [0.29, 0.717) is 4.47 Å². The van der Waals surface area contributed by atoms with E-state index in [2.05, 4.69) is 21.2 Å². The first-order chi connectivity index (χ1) is 8.20. The van der Waals surface area contributed by atoms with Gasteiger partial charge in [0.1, 0.15) is 5.60 Å². The third-order valence-corrected chi connectivity index (χ3v) is 2.59. The number of Topliss-reactive ketones (excluding diaryl/α,β-unsaturated/α-hetero) is 1. The highest BCUT2D eigenvalue weighted by Crippen LogP contribution is 2.19. The van der Waals surface area contributed by atoms with E-state index >= 15 is 0 Å². The molecule has 0 unspecified atom stereocenters. The Labute approximate surface area is 114 Å². The molecule has 0 spiro atoms. The molecule has 1 aromatic rings. The molecule has 0 aliphatic rings. The molecule has 0 fully saturated rings. The van der Waals surface area contributed by atoms with Gasteiger partial charge in [-0.15, -0.1) is 0 Å². The zero-order chi connectivity index (χ0) is 13.9. The number of halogens is 1. The molecule has 1 heterocycles. The zero-order valence-corrected chi connectivity index (χ0v) is 12.3. The first-order valence-corrected chi connectivity index (χ1v) is 6.27. The van der Waals surface area contributed by atoms with Crippen molar-refractivity contribution < 1.29 is 18.7 Å². The van der Waals surface area contributed by atoms with E-state index in [1.807, 2.05) is 0 Å². The smallest absolute Gasteiger partial charge is 0.408 e. The molecule has 0 saturated heterocycles. The largest absolute Gasteiger partial charge is 0.460 e. The van der Waals surface area contributed by atoms with Crippen LogP contribution in [0.4, 0.5) is 4.79 Å². The van der Waals surface area contributed by atoms with Gasteiger partial charge in [-0.05, 0) is 49.7 Å². The summed E-state index contributed by atoms with van der Waals surface area (Å²) in [6.07, 6.45) is 0.767. The SMILES string of the molecule is C[C@H](NC(=O)OC(C)(C)C)C(=O)c1occc1Br. The molecule has 1 aromatic heterocycles. The molecule has 100 valence electrons. The molecule has 1 N–H and O–H groups in total. The van der Waals surface area contributed by atoms with Crippen LogP contribution in [0.1, 0.15) is 38.2 Å². The highest BCUT2D eigenvalue weighted by Gasteiger charge is 2.24. The molecule has 0 radical (unpaired) electrons. The molecule has 0 aliphatic heterocycles. The molecule has 1 atom stereocenters. The predicted octanol–water partition coefficient (Wildman–Crippen LogP) is 3.14. The van der Waals surface area contributed by atoms with Crippen LogP contribution in [-0.2, 0) is 4.74 Å². The number of carbonyl (C=O) groups is 2. The van der Waals surface area contributed by atoms with Gasteiger partial charge < -0.3 is 14.5 Å². The topological polar surface area (TPSA) is 68.5 Å². The molecule has 5 nitrogen and oxygen atoms in total. The summed E-state index contributed by atoms with van der Waals surface area (Å²) in [6, 6.07) is 0.898. The number of hydrogen-bond donors (Lipinski definition) is 1. The summed E-state index contributed by atoms with van der Waals surface area (Å²) in [5, 5.41) is 2.46. The maximum atomic E-state index is 11.9. The highest BCUT2D eigenvalue weighted by atomic mass is 79.9. The summed E-state index contributed by atoms with van der Waals surface area (Å²) in [4.78, 5) is 23.4. The van der Waals surface area contributed by atoms with E-state index in [0.717, 1.165) is 0 Å². The van der Waals surface area contributed by atoms with Gasteiger partial charge in [0.25, 0.3) is 0 Å². The minimum atomic E-state index is -0.720. The lowest BCUT2D eigenvalue weighted by Crippen LogP contribution is -2.41. The number of rotatable bonds is 3. The minimum absolute atomic E-state index is 0.179. The first-order valence-electron chi connectivity index (χ1n) is 5.47. The van der Waals surface area contributed by atoms with Crippen molar-refractivity contribution in [2.24, 2.45) is 0 Å². The molecule has 1 amide bonds. The monoisotopic (exact) mass is 317 g/mol. The van der Waals surface area contributed by atoms with E-state index in [4.69, 9.17) is 9.15 Å². The predicted molar refractivity (Wildman–Crippen MR) is 69.6 cm³/mol. The van der Waals surface area contributed by atoms with E-state index in [1.54, 1.807) is 33.8 Å². The van der Waals surface area contributed by atoms with Gasteiger partial charge in [-0.2, -0.15) is 0 Å². The van der Waals surface area contributed by atoms with Gasteiger partial charge in [0, 0.05) is 0 Å². The van der Waals surface area contributed by atoms with Gasteiger partial charge >= 0.3 is 6.09 Å². The van der Waals surface area contributed by atoms with Crippen molar-refractivity contribution in [3.63, 3.8) is 0 Å². The van der Waals surface area contributed by atoms with Crippen LogP contribution in [0, 0.1) is 0 Å². The van der Waals surface area contributed by atoms with Crippen molar-refractivity contribution in [2.45, 2.75) is 39.3 Å². The number of nitrogens with one attached hydrogen (secondary N) is 1. The third-order valence-electron chi connectivity index (χ3n) is 1.97. The van der Waals surface area contributed by atoms with Gasteiger partial charge in [0.2, 0.25) is 5.78 Å². The van der Waals surface area contributed by atoms with Gasteiger partial charge in [-0.25, -0.2) is 4.79 Å². The van der Waals surface area contributed by atoms with Crippen LogP contribution in [0.3, 0.4) is 0 Å². The Morgan fingerprint density at radius 3 is 2.50 bits per heavy atom. The van der Waals surface area contributed by atoms with Crippen LogP contribution in [0.15, 0.2) is 21.2 Å². The summed E-state index contributed by atoms with van der Waals surface area (Å²) < 4.78 is 10.7. The third kappa shape index (κ3) is 4.18. The maximum Gasteiger partial charge on any atom is 0.408 e. The van der Waals surface area contributed by atoms with Crippen LogP contribution < -0.4 is 5.32 Å². The summed E-state index contributed by atoms with van der Waals surface area (Å²) in [5.41, 5.74) is -0.599. The maximum absolute atomic E-state index is 11.9. The number of ether oxygens (including phenoxy) is 1. The summed E-state index contributed by atoms with van der Waals surface area (Å²) in [6.45, 7) is 6.83. The first kappa shape index (κ1) is 14.8. The highest BCUT2D eigenvalue weighted by molar-refractivity contribution is 9.10. The van der Waals surface area contributed by atoms with Crippen LogP contribution in [0.25, 0.3) is 0 Å². The lowest BCUT2D eigenvalue weighted by molar-refractivity contribution is 0.0494. The quantitative estimate of drug-likeness (QED) is 0.869. The molecule has 0 saturated carbocycles. The molecular weight excluding hydrogens is 302 g/mol. The van der Waals surface area contributed by atoms with Gasteiger partial charge in [0.15, 0.2) is 5.76 Å². The number of furan rings is 1. The van der Waals surface area contributed by atoms with Crippen LogP contribution in [-0.4, -0.2) is 23.5 Å². The molecular formula is C12H16BrNO4. The fraction of sp³-hybridized carbons (Fsp3) is 0.500. The van der Waals surface area contributed by atoms with E-state index in [-0.39, 0.29) is 11.5 Å². The number of carbonyl (C=O) groups excluding carboxylic acids is 2. The molecule has 1 rings (SSSR count). The van der Waals surface area contributed by atoms with Crippen LogP contribution >= 0.6 is 15.9 Å². The molecule has 0 bridgehead atoms. The summed E-state index contributed by atoms with van der Waals surface area (Å²) in [5.74, 6) is -0.142. The second kappa shape index (κ2) is 5.56. The van der Waals surface area contributed by atoms with E-state index < -0.39 is 17.7 Å². The number of alkyl carbamates (subject to hydrolysis) is 1. The number of ketones is 1. The Bertz CT molecular complexity index is 447. The molecule has 6 heteroatoms. The lowest BCUT2D eigenvalue weighted by Gasteiger charge is -2.21. The second-order valence-electron chi connectivity index (χ2n) is 4.83. The molecule has 0 aromatic carbocycles. The van der Waals surface area contributed by atoms with E-state index in [9.17, 15) is 9.59 Å². The lowest BCUT2D eigenvalue weighted by atomic mass is 10.2. The van der Waals surface area contributed by atoms with Crippen molar-refractivity contribution in [3.05, 3.63) is 22.6 Å². The Hall–Kier alpha value is -1.30. The molecule has 18 heavy (non-hydrogen) atoms. The second-order valence-corrected chi connectivity index (χ2v) is 5.68. The fourth-order valence-corrected chi connectivity index (χ4v) is 1.61. The van der Waals surface area contributed by atoms with Gasteiger partial charge in [-0.3, -0.25) is 4.79 Å². The number of hydrogen-bond acceptors (Lipinski definition) is 4. The van der Waals surface area contributed by atoms with E-state index in [1.165, 1.54) is 6.26 Å². The van der Waals surface area contributed by atoms with Crippen molar-refractivity contribution in [3.8, 4) is 0 Å². The summed E-state index contributed by atoms with van der Waals surface area (Å²) in [7, 11) is 0. The standard InChI is InChI=1S/C12H16BrNO4/c1-7(14-11(16)18-12(2,3)4)9(15)10-8(13)5-6-17-10/h5-7H,1-4H3,(H,14,16)/t7-/m0/s1. The van der Waals surface area contributed by atoms with Crippen LogP contribution in [0.5, 0.6) is 0 Å². The Morgan fingerprint density at radius 2 is 2.06 bits per heavy atom. The van der Waals surface area contributed by atoms with Gasteiger partial charge in [0.05, 0.1) is 16.8 Å². The Kier molecular flexibility index (Phi) is 4.56. The molecule has 0 aliphatic carbocycles. The Morgan fingerprint density at radius 1 is 1.44 bits per heavy atom. The average molecular weight is 318 g/mol.